The molecule has 0 atom stereocenters. The van der Waals surface area contributed by atoms with E-state index in [-0.39, 0.29) is 0 Å². The van der Waals surface area contributed by atoms with Gasteiger partial charge in [-0.15, -0.1) is 11.3 Å². The molecule has 0 bridgehead atoms. The van der Waals surface area contributed by atoms with Crippen LogP contribution in [0.2, 0.25) is 0 Å². The van der Waals surface area contributed by atoms with Crippen LogP contribution in [0.4, 0.5) is 0 Å². The standard InChI is InChI=1S/C40H24N2S/c1-2-10-26-23-27(18-17-25(26)9-1)41-33-14-6-3-12-31(33)39-35(41)21-22-36-40(39)32-13-4-7-15-34(32)42(36)28-19-20-30-29-11-5-8-16-37(29)43-38(30)24-28/h1-24H. The van der Waals surface area contributed by atoms with Gasteiger partial charge in [0, 0.05) is 53.1 Å². The first-order valence-electron chi connectivity index (χ1n) is 14.7. The summed E-state index contributed by atoms with van der Waals surface area (Å²) in [6.07, 6.45) is 0. The lowest BCUT2D eigenvalue weighted by Gasteiger charge is -2.10. The van der Waals surface area contributed by atoms with Crippen molar-refractivity contribution in [3.05, 3.63) is 146 Å². The summed E-state index contributed by atoms with van der Waals surface area (Å²) < 4.78 is 7.54. The lowest BCUT2D eigenvalue weighted by molar-refractivity contribution is 1.18. The number of hydrogen-bond donors (Lipinski definition) is 0. The van der Waals surface area contributed by atoms with E-state index < -0.39 is 0 Å². The van der Waals surface area contributed by atoms with Crippen LogP contribution in [0.5, 0.6) is 0 Å². The van der Waals surface area contributed by atoms with Gasteiger partial charge < -0.3 is 9.13 Å². The van der Waals surface area contributed by atoms with Crippen molar-refractivity contribution in [3.63, 3.8) is 0 Å². The van der Waals surface area contributed by atoms with E-state index in [4.69, 9.17) is 0 Å². The van der Waals surface area contributed by atoms with Crippen molar-refractivity contribution in [1.29, 1.82) is 0 Å². The monoisotopic (exact) mass is 564 g/mol. The summed E-state index contributed by atoms with van der Waals surface area (Å²) in [6.45, 7) is 0. The van der Waals surface area contributed by atoms with E-state index >= 15 is 0 Å². The van der Waals surface area contributed by atoms with Crippen LogP contribution >= 0.6 is 11.3 Å². The zero-order chi connectivity index (χ0) is 28.1. The first-order chi connectivity index (χ1) is 21.3. The van der Waals surface area contributed by atoms with Gasteiger partial charge in [-0.2, -0.15) is 0 Å². The molecule has 0 aliphatic rings. The first kappa shape index (κ1) is 23.2. The molecule has 10 aromatic rings. The van der Waals surface area contributed by atoms with Crippen molar-refractivity contribution in [2.75, 3.05) is 0 Å². The Kier molecular flexibility index (Phi) is 4.63. The topological polar surface area (TPSA) is 9.86 Å². The molecule has 0 amide bonds. The van der Waals surface area contributed by atoms with Crippen molar-refractivity contribution in [2.24, 2.45) is 0 Å². The van der Waals surface area contributed by atoms with Gasteiger partial charge in [0.2, 0.25) is 0 Å². The number of thiophene rings is 1. The van der Waals surface area contributed by atoms with Gasteiger partial charge in [-0.1, -0.05) is 91.0 Å². The highest BCUT2D eigenvalue weighted by atomic mass is 32.1. The van der Waals surface area contributed by atoms with E-state index in [1.807, 2.05) is 11.3 Å². The molecule has 0 aliphatic heterocycles. The fourth-order valence-electron chi connectivity index (χ4n) is 7.24. The number of fused-ring (bicyclic) bond motifs is 11. The molecular weight excluding hydrogens is 541 g/mol. The Balaban J connectivity index is 1.32. The van der Waals surface area contributed by atoms with E-state index in [9.17, 15) is 0 Å². The second-order valence-corrected chi connectivity index (χ2v) is 12.5. The maximum Gasteiger partial charge on any atom is 0.0548 e. The molecule has 7 aromatic carbocycles. The van der Waals surface area contributed by atoms with E-state index in [0.29, 0.717) is 0 Å². The Morgan fingerprint density at radius 2 is 0.884 bits per heavy atom. The second-order valence-electron chi connectivity index (χ2n) is 11.4. The average Bonchev–Trinajstić information content (AvgIpc) is 3.71. The highest BCUT2D eigenvalue weighted by Crippen LogP contribution is 2.43. The van der Waals surface area contributed by atoms with Gasteiger partial charge in [0.05, 0.1) is 22.1 Å². The zero-order valence-corrected chi connectivity index (χ0v) is 24.0. The van der Waals surface area contributed by atoms with Crippen molar-refractivity contribution in [2.45, 2.75) is 0 Å². The highest BCUT2D eigenvalue weighted by molar-refractivity contribution is 7.25. The smallest absolute Gasteiger partial charge is 0.0548 e. The summed E-state index contributed by atoms with van der Waals surface area (Å²) in [5.74, 6) is 0. The first-order valence-corrected chi connectivity index (χ1v) is 15.5. The van der Waals surface area contributed by atoms with Crippen molar-refractivity contribution in [1.82, 2.24) is 9.13 Å². The molecule has 3 heteroatoms. The van der Waals surface area contributed by atoms with Crippen molar-refractivity contribution >= 4 is 85.9 Å². The molecular formula is C40H24N2S. The molecule has 10 rings (SSSR count). The quantitative estimate of drug-likeness (QED) is 0.198. The van der Waals surface area contributed by atoms with Crippen LogP contribution < -0.4 is 0 Å². The number of nitrogens with zero attached hydrogens (tertiary/aromatic N) is 2. The SMILES string of the molecule is c1ccc2cc(-n3c4ccccc4c4c5c6ccccc6n(-c6ccc7c(c6)sc6ccccc67)c5ccc43)ccc2c1. The molecule has 0 radical (unpaired) electrons. The molecule has 3 heterocycles. The summed E-state index contributed by atoms with van der Waals surface area (Å²) in [7, 11) is 0. The Morgan fingerprint density at radius 1 is 0.349 bits per heavy atom. The molecule has 0 spiro atoms. The number of rotatable bonds is 2. The molecule has 0 saturated carbocycles. The molecule has 0 N–H and O–H groups in total. The minimum atomic E-state index is 1.18. The van der Waals surface area contributed by atoms with E-state index in [1.165, 1.54) is 85.9 Å². The molecule has 0 aliphatic carbocycles. The van der Waals surface area contributed by atoms with E-state index in [1.54, 1.807) is 0 Å². The molecule has 0 saturated heterocycles. The lowest BCUT2D eigenvalue weighted by atomic mass is 10.1. The van der Waals surface area contributed by atoms with Gasteiger partial charge in [-0.05, 0) is 65.4 Å². The average molecular weight is 565 g/mol. The second kappa shape index (κ2) is 8.57. The third-order valence-electron chi connectivity index (χ3n) is 9.08. The van der Waals surface area contributed by atoms with Crippen LogP contribution in [0.3, 0.4) is 0 Å². The lowest BCUT2D eigenvalue weighted by Crippen LogP contribution is -1.95. The molecule has 43 heavy (non-hydrogen) atoms. The Bertz CT molecular complexity index is 2740. The molecule has 0 fully saturated rings. The van der Waals surface area contributed by atoms with Gasteiger partial charge in [-0.25, -0.2) is 0 Å². The van der Waals surface area contributed by atoms with Gasteiger partial charge in [0.1, 0.15) is 0 Å². The molecule has 3 aromatic heterocycles. The van der Waals surface area contributed by atoms with Crippen molar-refractivity contribution in [3.8, 4) is 11.4 Å². The third kappa shape index (κ3) is 3.17. The summed E-state index contributed by atoms with van der Waals surface area (Å²) in [5.41, 5.74) is 7.30. The maximum absolute atomic E-state index is 2.45. The van der Waals surface area contributed by atoms with Crippen molar-refractivity contribution < 1.29 is 0 Å². The van der Waals surface area contributed by atoms with Gasteiger partial charge in [-0.3, -0.25) is 0 Å². The number of para-hydroxylation sites is 2. The van der Waals surface area contributed by atoms with Crippen LogP contribution in [-0.4, -0.2) is 9.13 Å². The normalized spacial score (nSPS) is 12.2. The summed E-state index contributed by atoms with van der Waals surface area (Å²) in [4.78, 5) is 0. The molecule has 0 unspecified atom stereocenters. The molecule has 2 nitrogen and oxygen atoms in total. The van der Waals surface area contributed by atoms with E-state index in [2.05, 4.69) is 155 Å². The summed E-state index contributed by atoms with van der Waals surface area (Å²) in [5, 5.41) is 10.3. The van der Waals surface area contributed by atoms with Gasteiger partial charge in [0.15, 0.2) is 0 Å². The Morgan fingerprint density at radius 3 is 1.60 bits per heavy atom. The fourth-order valence-corrected chi connectivity index (χ4v) is 8.38. The highest BCUT2D eigenvalue weighted by Gasteiger charge is 2.20. The predicted octanol–water partition coefficient (Wildman–Crippen LogP) is 11.4. The minimum absolute atomic E-state index is 1.18. The van der Waals surface area contributed by atoms with Crippen LogP contribution in [0.25, 0.3) is 85.9 Å². The minimum Gasteiger partial charge on any atom is -0.309 e. The van der Waals surface area contributed by atoms with Gasteiger partial charge >= 0.3 is 0 Å². The fraction of sp³-hybridized carbons (Fsp3) is 0. The number of benzene rings is 7. The number of aromatic nitrogens is 2. The summed E-state index contributed by atoms with van der Waals surface area (Å²) in [6, 6.07) is 53.5. The third-order valence-corrected chi connectivity index (χ3v) is 10.2. The van der Waals surface area contributed by atoms with Crippen LogP contribution in [0.1, 0.15) is 0 Å². The zero-order valence-electron chi connectivity index (χ0n) is 23.2. The Hall–Kier alpha value is -5.38. The largest absolute Gasteiger partial charge is 0.309 e. The number of hydrogen-bond acceptors (Lipinski definition) is 1. The van der Waals surface area contributed by atoms with Crippen LogP contribution in [0, 0.1) is 0 Å². The van der Waals surface area contributed by atoms with E-state index in [0.717, 1.165) is 0 Å². The Labute approximate surface area is 251 Å². The van der Waals surface area contributed by atoms with Crippen LogP contribution in [0.15, 0.2) is 146 Å². The summed E-state index contributed by atoms with van der Waals surface area (Å²) >= 11 is 1.87. The predicted molar refractivity (Wildman–Crippen MR) is 186 cm³/mol. The maximum atomic E-state index is 2.45. The van der Waals surface area contributed by atoms with Gasteiger partial charge in [0.25, 0.3) is 0 Å². The van der Waals surface area contributed by atoms with Crippen LogP contribution in [-0.2, 0) is 0 Å². The molecule has 200 valence electrons.